The van der Waals surface area contributed by atoms with Crippen LogP contribution in [0.2, 0.25) is 0 Å². The molecule has 0 unspecified atom stereocenters. The number of aliphatic hydroxyl groups is 1. The number of rotatable bonds is 8. The number of hydrogen-bond acceptors (Lipinski definition) is 7. The van der Waals surface area contributed by atoms with Crippen LogP contribution in [0.3, 0.4) is 0 Å². The number of fused-ring (bicyclic) bond motifs is 4. The number of amides is 1. The van der Waals surface area contributed by atoms with E-state index < -0.39 is 56.5 Å². The molecule has 4 aromatic carbocycles. The van der Waals surface area contributed by atoms with Crippen molar-refractivity contribution in [1.29, 1.82) is 5.26 Å². The zero-order chi connectivity index (χ0) is 38.8. The van der Waals surface area contributed by atoms with Crippen LogP contribution in [-0.2, 0) is 20.2 Å². The Morgan fingerprint density at radius 3 is 2.00 bits per heavy atom. The highest BCUT2D eigenvalue weighted by molar-refractivity contribution is 7.91. The molecule has 54 heavy (non-hydrogen) atoms. The summed E-state index contributed by atoms with van der Waals surface area (Å²) in [6.45, 7) is -0.166. The SMILES string of the molecule is N#CC1(CS(=O)(=O)c2ccc3c(C(=O)Nc4ccc(C(O)(C(F)(F)F)C(F)(F)F)cc4)n(C(=O)OCC4c5ccccc5-c5ccccc54)cc3c2)CC1. The molecule has 278 valence electrons. The van der Waals surface area contributed by atoms with Crippen molar-refractivity contribution in [2.45, 2.75) is 41.6 Å². The lowest BCUT2D eigenvalue weighted by molar-refractivity contribution is -0.376. The molecular weight excluding hydrogens is 740 g/mol. The monoisotopic (exact) mass is 767 g/mol. The van der Waals surface area contributed by atoms with Crippen molar-refractivity contribution in [3.63, 3.8) is 0 Å². The van der Waals surface area contributed by atoms with Crippen molar-refractivity contribution in [2.24, 2.45) is 5.41 Å². The van der Waals surface area contributed by atoms with Gasteiger partial charge in [-0.2, -0.15) is 31.6 Å². The van der Waals surface area contributed by atoms with E-state index in [4.69, 9.17) is 4.74 Å². The molecule has 1 fully saturated rings. The lowest BCUT2D eigenvalue weighted by Gasteiger charge is -2.32. The van der Waals surface area contributed by atoms with E-state index in [0.717, 1.165) is 26.8 Å². The van der Waals surface area contributed by atoms with Crippen LogP contribution in [-0.4, -0.2) is 54.8 Å². The Hall–Kier alpha value is -5.66. The van der Waals surface area contributed by atoms with Crippen LogP contribution in [0.4, 0.5) is 36.8 Å². The minimum atomic E-state index is -6.13. The molecule has 2 aliphatic rings. The number of aromatic nitrogens is 1. The van der Waals surface area contributed by atoms with E-state index in [1.165, 1.54) is 24.4 Å². The Morgan fingerprint density at radius 1 is 0.889 bits per heavy atom. The molecule has 9 nitrogen and oxygen atoms in total. The average Bonchev–Trinajstić information content (AvgIpc) is 3.66. The summed E-state index contributed by atoms with van der Waals surface area (Å²) in [5.74, 6) is -1.86. The van der Waals surface area contributed by atoms with Gasteiger partial charge in [-0.05, 0) is 59.4 Å². The smallest absolute Gasteiger partial charge is 0.430 e. The number of anilines is 1. The minimum absolute atomic E-state index is 0.0570. The van der Waals surface area contributed by atoms with Crippen LogP contribution in [0.5, 0.6) is 0 Å². The second-order valence-corrected chi connectivity index (χ2v) is 15.3. The molecule has 2 N–H and O–H groups in total. The number of benzene rings is 4. The first-order chi connectivity index (χ1) is 25.4. The zero-order valence-corrected chi connectivity index (χ0v) is 28.5. The number of nitriles is 1. The van der Waals surface area contributed by atoms with Crippen molar-refractivity contribution in [2.75, 3.05) is 17.7 Å². The first kappa shape index (κ1) is 36.7. The third kappa shape index (κ3) is 6.16. The van der Waals surface area contributed by atoms with Crippen molar-refractivity contribution >= 4 is 38.3 Å². The minimum Gasteiger partial charge on any atom is -0.448 e. The maximum Gasteiger partial charge on any atom is 0.430 e. The first-order valence-corrected chi connectivity index (χ1v) is 18.0. The van der Waals surface area contributed by atoms with Crippen molar-refractivity contribution in [1.82, 2.24) is 4.57 Å². The molecule has 1 saturated carbocycles. The molecule has 2 aliphatic carbocycles. The van der Waals surface area contributed by atoms with Crippen LogP contribution < -0.4 is 5.32 Å². The lowest BCUT2D eigenvalue weighted by atomic mass is 9.92. The van der Waals surface area contributed by atoms with Gasteiger partial charge in [0.1, 0.15) is 12.3 Å². The van der Waals surface area contributed by atoms with Gasteiger partial charge < -0.3 is 15.2 Å². The van der Waals surface area contributed by atoms with Gasteiger partial charge in [-0.25, -0.2) is 17.8 Å². The number of alkyl halides is 6. The fourth-order valence-corrected chi connectivity index (χ4v) is 8.62. The van der Waals surface area contributed by atoms with E-state index >= 15 is 0 Å². The molecule has 7 rings (SSSR count). The highest BCUT2D eigenvalue weighted by Gasteiger charge is 2.71. The molecular formula is C38H27F6N3O6S. The van der Waals surface area contributed by atoms with Crippen LogP contribution in [0.25, 0.3) is 21.9 Å². The number of ether oxygens (including phenoxy) is 1. The Morgan fingerprint density at radius 2 is 1.46 bits per heavy atom. The average molecular weight is 768 g/mol. The van der Waals surface area contributed by atoms with Gasteiger partial charge >= 0.3 is 18.4 Å². The summed E-state index contributed by atoms with van der Waals surface area (Å²) in [6.07, 6.45) is -11.3. The van der Waals surface area contributed by atoms with Crippen molar-refractivity contribution in [3.8, 4) is 17.2 Å². The second kappa shape index (κ2) is 12.7. The standard InChI is InChI=1S/C38H27F6N3O6S/c39-37(40,41)36(50,38(42,43)44)23-9-11-24(12-10-23)46-33(48)32-26-14-13-25(54(51,52)21-35(20-45)15-16-35)17-22(26)18-47(32)34(49)53-19-31-29-7-3-1-5-27(29)28-6-2-4-8-30(28)31/h1-14,17-18,31,50H,15-16,19,21H2,(H,46,48). The van der Waals surface area contributed by atoms with E-state index in [2.05, 4.69) is 5.32 Å². The predicted molar refractivity (Wildman–Crippen MR) is 182 cm³/mol. The number of sulfone groups is 1. The quantitative estimate of drug-likeness (QED) is 0.152. The number of carbonyl (C=O) groups excluding carboxylic acids is 2. The maximum atomic E-state index is 13.8. The largest absolute Gasteiger partial charge is 0.448 e. The predicted octanol–water partition coefficient (Wildman–Crippen LogP) is 8.08. The van der Waals surface area contributed by atoms with E-state index in [-0.39, 0.29) is 39.6 Å². The van der Waals surface area contributed by atoms with Gasteiger partial charge in [0.15, 0.2) is 9.84 Å². The fraction of sp³-hybridized carbons (Fsp3) is 0.237. The molecule has 16 heteroatoms. The third-order valence-corrected chi connectivity index (χ3v) is 11.7. The summed E-state index contributed by atoms with van der Waals surface area (Å²) in [5, 5.41) is 21.7. The molecule has 1 aromatic heterocycles. The van der Waals surface area contributed by atoms with Gasteiger partial charge in [0.05, 0.1) is 22.1 Å². The molecule has 5 aromatic rings. The summed E-state index contributed by atoms with van der Waals surface area (Å²) in [5.41, 5.74) is -4.72. The summed E-state index contributed by atoms with van der Waals surface area (Å²) in [4.78, 5) is 27.4. The maximum absolute atomic E-state index is 13.8. The molecule has 1 heterocycles. The Bertz CT molecular complexity index is 2420. The molecule has 0 aliphatic heterocycles. The highest BCUT2D eigenvalue weighted by Crippen LogP contribution is 2.50. The second-order valence-electron chi connectivity index (χ2n) is 13.3. The third-order valence-electron chi connectivity index (χ3n) is 9.83. The normalized spacial score (nSPS) is 15.3. The number of halogens is 6. The van der Waals surface area contributed by atoms with E-state index in [0.29, 0.717) is 37.1 Å². The van der Waals surface area contributed by atoms with Gasteiger partial charge in [0, 0.05) is 34.1 Å². The summed E-state index contributed by atoms with van der Waals surface area (Å²) < 4.78 is 114. The van der Waals surface area contributed by atoms with E-state index in [1.807, 2.05) is 54.6 Å². The number of carbonyl (C=O) groups is 2. The van der Waals surface area contributed by atoms with Crippen LogP contribution in [0.15, 0.2) is 102 Å². The van der Waals surface area contributed by atoms with Crippen molar-refractivity contribution < 1.29 is 54.2 Å². The summed E-state index contributed by atoms with van der Waals surface area (Å²) >= 11 is 0. The number of hydrogen-bond donors (Lipinski definition) is 2. The topological polar surface area (TPSA) is 138 Å². The highest BCUT2D eigenvalue weighted by atomic mass is 32.2. The number of nitrogens with one attached hydrogen (secondary N) is 1. The van der Waals surface area contributed by atoms with E-state index in [9.17, 15) is 54.7 Å². The molecule has 0 radical (unpaired) electrons. The van der Waals surface area contributed by atoms with Gasteiger partial charge in [-0.15, -0.1) is 0 Å². The molecule has 0 saturated heterocycles. The van der Waals surface area contributed by atoms with Crippen LogP contribution in [0.1, 0.15) is 45.9 Å². The molecule has 0 spiro atoms. The Labute approximate surface area is 303 Å². The van der Waals surface area contributed by atoms with Crippen LogP contribution >= 0.6 is 0 Å². The Balaban J connectivity index is 1.23. The molecule has 0 bridgehead atoms. The Kier molecular flexibility index (Phi) is 8.65. The zero-order valence-electron chi connectivity index (χ0n) is 27.7. The first-order valence-electron chi connectivity index (χ1n) is 16.3. The molecule has 0 atom stereocenters. The van der Waals surface area contributed by atoms with Gasteiger partial charge in [0.25, 0.3) is 11.5 Å². The van der Waals surface area contributed by atoms with Gasteiger partial charge in [-0.3, -0.25) is 4.79 Å². The summed E-state index contributed by atoms with van der Waals surface area (Å²) in [7, 11) is -4.00. The molecule has 1 amide bonds. The van der Waals surface area contributed by atoms with Gasteiger partial charge in [0.2, 0.25) is 0 Å². The van der Waals surface area contributed by atoms with Crippen LogP contribution in [0, 0.1) is 16.7 Å². The van der Waals surface area contributed by atoms with Crippen molar-refractivity contribution in [3.05, 3.63) is 120 Å². The summed E-state index contributed by atoms with van der Waals surface area (Å²) in [6, 6.07) is 23.0. The van der Waals surface area contributed by atoms with E-state index in [1.54, 1.807) is 0 Å². The lowest BCUT2D eigenvalue weighted by Crippen LogP contribution is -2.53. The van der Waals surface area contributed by atoms with Gasteiger partial charge in [-0.1, -0.05) is 66.7 Å². The fourth-order valence-electron chi connectivity index (χ4n) is 6.79. The number of nitrogens with zero attached hydrogens (tertiary/aromatic N) is 2.